The molecule has 3 nitrogen and oxygen atoms in total. The van der Waals surface area contributed by atoms with E-state index in [0.29, 0.717) is 6.04 Å². The maximum Gasteiger partial charge on any atom is 0.254 e. The molecule has 1 fully saturated rings. The third-order valence-electron chi connectivity index (χ3n) is 4.23. The number of piperidine rings is 1. The molecule has 1 amide bonds. The van der Waals surface area contributed by atoms with Gasteiger partial charge in [-0.15, -0.1) is 0 Å². The van der Waals surface area contributed by atoms with Crippen LogP contribution in [0, 0.1) is 13.8 Å². The van der Waals surface area contributed by atoms with Crippen LogP contribution in [-0.2, 0) is 0 Å². The van der Waals surface area contributed by atoms with Crippen molar-refractivity contribution in [2.75, 3.05) is 19.6 Å². The van der Waals surface area contributed by atoms with E-state index in [1.165, 1.54) is 12.0 Å². The van der Waals surface area contributed by atoms with E-state index in [1.807, 2.05) is 24.0 Å². The van der Waals surface area contributed by atoms with Crippen LogP contribution >= 0.6 is 0 Å². The molecule has 1 aliphatic heterocycles. The molecule has 0 radical (unpaired) electrons. The van der Waals surface area contributed by atoms with Crippen LogP contribution < -0.4 is 5.32 Å². The van der Waals surface area contributed by atoms with Gasteiger partial charge in [0.05, 0.1) is 0 Å². The maximum absolute atomic E-state index is 12.7. The predicted octanol–water partition coefficient (Wildman–Crippen LogP) is 2.91. The van der Waals surface area contributed by atoms with Crippen LogP contribution in [0.1, 0.15) is 47.7 Å². The van der Waals surface area contributed by atoms with Crippen LogP contribution in [0.5, 0.6) is 0 Å². The molecule has 1 unspecified atom stereocenters. The molecule has 1 saturated heterocycles. The minimum Gasteiger partial charge on any atom is -0.337 e. The van der Waals surface area contributed by atoms with Crippen LogP contribution in [0.2, 0.25) is 0 Å². The summed E-state index contributed by atoms with van der Waals surface area (Å²) in [5.74, 6) is 0.189. The number of nitrogens with zero attached hydrogens (tertiary/aromatic N) is 1. The van der Waals surface area contributed by atoms with Gasteiger partial charge >= 0.3 is 0 Å². The van der Waals surface area contributed by atoms with Crippen LogP contribution in [-0.4, -0.2) is 36.5 Å². The summed E-state index contributed by atoms with van der Waals surface area (Å²) >= 11 is 0. The Hall–Kier alpha value is -1.35. The second-order valence-electron chi connectivity index (χ2n) is 5.79. The summed E-state index contributed by atoms with van der Waals surface area (Å²) in [4.78, 5) is 14.7. The van der Waals surface area contributed by atoms with Gasteiger partial charge in [0.1, 0.15) is 0 Å². The van der Waals surface area contributed by atoms with Gasteiger partial charge in [0.15, 0.2) is 0 Å². The Morgan fingerprint density at radius 3 is 2.95 bits per heavy atom. The lowest BCUT2D eigenvalue weighted by molar-refractivity contribution is 0.0694. The molecule has 1 N–H and O–H groups in total. The summed E-state index contributed by atoms with van der Waals surface area (Å²) in [6.45, 7) is 9.04. The van der Waals surface area contributed by atoms with Crippen molar-refractivity contribution in [3.63, 3.8) is 0 Å². The number of nitrogens with one attached hydrogen (secondary N) is 1. The normalized spacial score (nSPS) is 19.1. The predicted molar refractivity (Wildman–Crippen MR) is 83.1 cm³/mol. The van der Waals surface area contributed by atoms with Crippen molar-refractivity contribution in [3.05, 3.63) is 34.9 Å². The number of amides is 1. The highest BCUT2D eigenvalue weighted by Gasteiger charge is 2.24. The van der Waals surface area contributed by atoms with E-state index < -0.39 is 0 Å². The van der Waals surface area contributed by atoms with E-state index in [4.69, 9.17) is 0 Å². The van der Waals surface area contributed by atoms with Gasteiger partial charge in [-0.2, -0.15) is 0 Å². The van der Waals surface area contributed by atoms with Crippen molar-refractivity contribution in [3.8, 4) is 0 Å². The van der Waals surface area contributed by atoms with Crippen molar-refractivity contribution < 1.29 is 4.79 Å². The zero-order valence-corrected chi connectivity index (χ0v) is 12.9. The fraction of sp³-hybridized carbons (Fsp3) is 0.588. The molecule has 0 bridgehead atoms. The number of benzene rings is 1. The highest BCUT2D eigenvalue weighted by Crippen LogP contribution is 2.18. The van der Waals surface area contributed by atoms with Gasteiger partial charge in [-0.25, -0.2) is 0 Å². The second kappa shape index (κ2) is 6.89. The van der Waals surface area contributed by atoms with E-state index in [9.17, 15) is 4.79 Å². The van der Waals surface area contributed by atoms with E-state index in [1.54, 1.807) is 0 Å². The van der Waals surface area contributed by atoms with Crippen LogP contribution in [0.15, 0.2) is 18.2 Å². The molecule has 2 rings (SSSR count). The average molecular weight is 274 g/mol. The van der Waals surface area contributed by atoms with Gasteiger partial charge in [0, 0.05) is 24.7 Å². The molecule has 1 aromatic rings. The Labute approximate surface area is 122 Å². The topological polar surface area (TPSA) is 32.3 Å². The first-order chi connectivity index (χ1) is 9.63. The highest BCUT2D eigenvalue weighted by molar-refractivity contribution is 5.96. The molecule has 1 heterocycles. The number of carbonyl (C=O) groups is 1. The van der Waals surface area contributed by atoms with Crippen molar-refractivity contribution in [1.29, 1.82) is 0 Å². The fourth-order valence-electron chi connectivity index (χ4n) is 2.83. The SMILES string of the molecule is CCCNC1CCCN(C(=O)c2cccc(C)c2C)C1. The summed E-state index contributed by atoms with van der Waals surface area (Å²) < 4.78 is 0. The number of hydrogen-bond donors (Lipinski definition) is 1. The number of carbonyl (C=O) groups excluding carboxylic acids is 1. The fourth-order valence-corrected chi connectivity index (χ4v) is 2.83. The zero-order valence-electron chi connectivity index (χ0n) is 12.9. The molecule has 3 heteroatoms. The minimum atomic E-state index is 0.189. The largest absolute Gasteiger partial charge is 0.337 e. The Morgan fingerprint density at radius 2 is 2.20 bits per heavy atom. The summed E-state index contributed by atoms with van der Waals surface area (Å²) in [6, 6.07) is 6.45. The molecule has 0 spiro atoms. The lowest BCUT2D eigenvalue weighted by Crippen LogP contribution is -2.48. The molecule has 0 saturated carbocycles. The molecular weight excluding hydrogens is 248 g/mol. The molecule has 1 aliphatic rings. The molecule has 1 atom stereocenters. The van der Waals surface area contributed by atoms with Gasteiger partial charge in [-0.3, -0.25) is 4.79 Å². The molecule has 110 valence electrons. The van der Waals surface area contributed by atoms with Crippen molar-refractivity contribution in [2.45, 2.75) is 46.1 Å². The lowest BCUT2D eigenvalue weighted by Gasteiger charge is -2.33. The molecule has 0 aliphatic carbocycles. The quantitative estimate of drug-likeness (QED) is 0.915. The monoisotopic (exact) mass is 274 g/mol. The number of hydrogen-bond acceptors (Lipinski definition) is 2. The van der Waals surface area contributed by atoms with E-state index in [0.717, 1.165) is 43.6 Å². The number of likely N-dealkylation sites (tertiary alicyclic amines) is 1. The number of aryl methyl sites for hydroxylation is 1. The molecule has 0 aromatic heterocycles. The van der Waals surface area contributed by atoms with Crippen LogP contribution in [0.4, 0.5) is 0 Å². The van der Waals surface area contributed by atoms with Gasteiger partial charge in [-0.1, -0.05) is 19.1 Å². The van der Waals surface area contributed by atoms with Crippen molar-refractivity contribution in [2.24, 2.45) is 0 Å². The molecule has 1 aromatic carbocycles. The van der Waals surface area contributed by atoms with E-state index >= 15 is 0 Å². The van der Waals surface area contributed by atoms with Crippen LogP contribution in [0.25, 0.3) is 0 Å². The maximum atomic E-state index is 12.7. The zero-order chi connectivity index (χ0) is 14.5. The van der Waals surface area contributed by atoms with Gasteiger partial charge in [0.25, 0.3) is 5.91 Å². The molecule has 20 heavy (non-hydrogen) atoms. The van der Waals surface area contributed by atoms with Crippen molar-refractivity contribution >= 4 is 5.91 Å². The standard InChI is InChI=1S/C17H26N2O/c1-4-10-18-15-8-6-11-19(12-15)17(20)16-9-5-7-13(2)14(16)3/h5,7,9,15,18H,4,6,8,10-12H2,1-3H3. The minimum absolute atomic E-state index is 0.189. The Morgan fingerprint density at radius 1 is 1.40 bits per heavy atom. The van der Waals surface area contributed by atoms with E-state index in [-0.39, 0.29) is 5.91 Å². The van der Waals surface area contributed by atoms with Crippen molar-refractivity contribution in [1.82, 2.24) is 10.2 Å². The van der Waals surface area contributed by atoms with Gasteiger partial charge in [-0.05, 0) is 56.8 Å². The van der Waals surface area contributed by atoms with Crippen LogP contribution in [0.3, 0.4) is 0 Å². The second-order valence-corrected chi connectivity index (χ2v) is 5.79. The average Bonchev–Trinajstić information content (AvgIpc) is 2.47. The lowest BCUT2D eigenvalue weighted by atomic mass is 10.00. The van der Waals surface area contributed by atoms with E-state index in [2.05, 4.69) is 25.2 Å². The van der Waals surface area contributed by atoms with Gasteiger partial charge < -0.3 is 10.2 Å². The number of rotatable bonds is 4. The Balaban J connectivity index is 2.06. The highest BCUT2D eigenvalue weighted by atomic mass is 16.2. The summed E-state index contributed by atoms with van der Waals surface area (Å²) in [5.41, 5.74) is 3.16. The summed E-state index contributed by atoms with van der Waals surface area (Å²) in [6.07, 6.45) is 3.41. The Kier molecular flexibility index (Phi) is 5.18. The first-order valence-electron chi connectivity index (χ1n) is 7.72. The molecular formula is C17H26N2O. The van der Waals surface area contributed by atoms with Gasteiger partial charge in [0.2, 0.25) is 0 Å². The third-order valence-corrected chi connectivity index (χ3v) is 4.23. The summed E-state index contributed by atoms with van der Waals surface area (Å²) in [5, 5.41) is 3.54. The third kappa shape index (κ3) is 3.40. The first kappa shape index (κ1) is 15.0. The summed E-state index contributed by atoms with van der Waals surface area (Å²) in [7, 11) is 0. The first-order valence-corrected chi connectivity index (χ1v) is 7.72. The smallest absolute Gasteiger partial charge is 0.254 e. The Bertz CT molecular complexity index is 470.